The van der Waals surface area contributed by atoms with Crippen LogP contribution in [0.5, 0.6) is 11.5 Å². The zero-order chi connectivity index (χ0) is 27.0. The van der Waals surface area contributed by atoms with Crippen molar-refractivity contribution in [1.29, 1.82) is 0 Å². The molecule has 5 nitrogen and oxygen atoms in total. The van der Waals surface area contributed by atoms with Crippen LogP contribution in [0, 0.1) is 34.9 Å². The number of hydrazone groups is 1. The highest BCUT2D eigenvalue weighted by atomic mass is 79.9. The maximum atomic E-state index is 14.3. The molecule has 192 valence electrons. The highest BCUT2D eigenvalue weighted by molar-refractivity contribution is 9.10. The minimum Gasteiger partial charge on any atom is -0.493 e. The molecule has 1 aliphatic heterocycles. The number of carbonyl (C=O) groups excluding carboxylic acids is 1. The summed E-state index contributed by atoms with van der Waals surface area (Å²) < 4.78 is 94.6. The maximum Gasteiger partial charge on any atom is 0.280 e. The summed E-state index contributed by atoms with van der Waals surface area (Å²) in [5.74, 6) is -12.3. The molecular formula is C25H15BrF6N2O3. The molecule has 0 spiro atoms. The molecule has 0 aliphatic carbocycles. The number of rotatable bonds is 6. The number of halogens is 7. The molecule has 0 radical (unpaired) electrons. The van der Waals surface area contributed by atoms with Gasteiger partial charge in [0.2, 0.25) is 5.82 Å². The van der Waals surface area contributed by atoms with E-state index in [9.17, 15) is 31.1 Å². The van der Waals surface area contributed by atoms with E-state index in [4.69, 9.17) is 9.47 Å². The van der Waals surface area contributed by atoms with Crippen LogP contribution >= 0.6 is 15.9 Å². The monoisotopic (exact) mass is 584 g/mol. The van der Waals surface area contributed by atoms with E-state index in [1.54, 1.807) is 18.2 Å². The molecular weight excluding hydrogens is 570 g/mol. The van der Waals surface area contributed by atoms with Crippen molar-refractivity contribution in [3.63, 3.8) is 0 Å². The van der Waals surface area contributed by atoms with Gasteiger partial charge in [-0.2, -0.15) is 10.1 Å². The van der Waals surface area contributed by atoms with Crippen molar-refractivity contribution < 1.29 is 40.6 Å². The molecule has 0 unspecified atom stereocenters. The minimum absolute atomic E-state index is 0.0420. The van der Waals surface area contributed by atoms with Crippen LogP contribution in [-0.2, 0) is 11.4 Å². The summed E-state index contributed by atoms with van der Waals surface area (Å²) in [6, 6.07) is 9.01. The van der Waals surface area contributed by atoms with E-state index in [1.165, 1.54) is 38.3 Å². The molecule has 0 N–H and O–H groups in total. The first-order valence-electron chi connectivity index (χ1n) is 10.4. The third-order valence-electron chi connectivity index (χ3n) is 5.38. The number of carbonyl (C=O) groups is 1. The van der Waals surface area contributed by atoms with E-state index in [0.717, 1.165) is 0 Å². The Hall–Kier alpha value is -3.80. The van der Waals surface area contributed by atoms with Crippen molar-refractivity contribution in [2.45, 2.75) is 13.5 Å². The zero-order valence-corrected chi connectivity index (χ0v) is 20.6. The second-order valence-electron chi connectivity index (χ2n) is 7.68. The van der Waals surface area contributed by atoms with E-state index in [-0.39, 0.29) is 34.4 Å². The lowest BCUT2D eigenvalue weighted by Gasteiger charge is -2.15. The molecule has 1 heterocycles. The average Bonchev–Trinajstić information content (AvgIpc) is 3.15. The van der Waals surface area contributed by atoms with Crippen LogP contribution in [0.25, 0.3) is 6.08 Å². The third-order valence-corrected chi connectivity index (χ3v) is 6.07. The fraction of sp³-hybridized carbons (Fsp3) is 0.120. The van der Waals surface area contributed by atoms with Gasteiger partial charge in [0.1, 0.15) is 18.1 Å². The molecule has 0 bridgehead atoms. The first-order valence-corrected chi connectivity index (χ1v) is 11.2. The van der Waals surface area contributed by atoms with Crippen LogP contribution in [0.4, 0.5) is 32.0 Å². The lowest BCUT2D eigenvalue weighted by Crippen LogP contribution is -2.25. The normalized spacial score (nSPS) is 14.4. The topological polar surface area (TPSA) is 51.1 Å². The van der Waals surface area contributed by atoms with E-state index < -0.39 is 46.5 Å². The molecule has 0 aromatic heterocycles. The number of hydrogen-bond acceptors (Lipinski definition) is 4. The lowest BCUT2D eigenvalue weighted by atomic mass is 10.1. The molecule has 0 saturated heterocycles. The smallest absolute Gasteiger partial charge is 0.280 e. The first-order chi connectivity index (χ1) is 17.5. The van der Waals surface area contributed by atoms with Gasteiger partial charge in [0.25, 0.3) is 5.91 Å². The molecule has 0 saturated carbocycles. The van der Waals surface area contributed by atoms with Gasteiger partial charge in [0.05, 0.1) is 18.4 Å². The van der Waals surface area contributed by atoms with Crippen molar-refractivity contribution in [3.8, 4) is 11.5 Å². The van der Waals surface area contributed by atoms with Crippen molar-refractivity contribution >= 4 is 39.3 Å². The quantitative estimate of drug-likeness (QED) is 0.141. The molecule has 12 heteroatoms. The number of benzene rings is 3. The van der Waals surface area contributed by atoms with Crippen LogP contribution in [0.1, 0.15) is 18.1 Å². The van der Waals surface area contributed by atoms with Gasteiger partial charge >= 0.3 is 0 Å². The van der Waals surface area contributed by atoms with Crippen LogP contribution in [-0.4, -0.2) is 18.7 Å². The minimum atomic E-state index is -2.35. The Morgan fingerprint density at radius 1 is 0.946 bits per heavy atom. The van der Waals surface area contributed by atoms with Gasteiger partial charge in [-0.3, -0.25) is 4.79 Å². The van der Waals surface area contributed by atoms with Gasteiger partial charge < -0.3 is 9.47 Å². The van der Waals surface area contributed by atoms with Crippen LogP contribution in [0.15, 0.2) is 51.5 Å². The Morgan fingerprint density at radius 2 is 1.57 bits per heavy atom. The summed E-state index contributed by atoms with van der Waals surface area (Å²) in [5.41, 5.74) is -1.06. The Kier molecular flexibility index (Phi) is 7.30. The number of ether oxygens (including phenoxy) is 2. The Balaban J connectivity index is 1.67. The van der Waals surface area contributed by atoms with Crippen LogP contribution < -0.4 is 14.5 Å². The Bertz CT molecular complexity index is 1460. The van der Waals surface area contributed by atoms with Crippen molar-refractivity contribution in [1.82, 2.24) is 0 Å². The van der Waals surface area contributed by atoms with Gasteiger partial charge in [-0.05, 0) is 36.8 Å². The number of amides is 1. The SMILES string of the molecule is COc1cc(/C=C2/C(=O)N(c3c(F)c(F)c(F)c(F)c3F)N=C2C)c(Br)cc1OCc1ccccc1F. The zero-order valence-electron chi connectivity index (χ0n) is 19.0. The predicted octanol–water partition coefficient (Wildman–Crippen LogP) is 6.68. The molecule has 0 fully saturated rings. The summed E-state index contributed by atoms with van der Waals surface area (Å²) >= 11 is 3.33. The molecule has 1 aliphatic rings. The van der Waals surface area contributed by atoms with Crippen molar-refractivity contribution in [3.05, 3.63) is 92.5 Å². The molecule has 0 atom stereocenters. The number of hydrogen-bond donors (Lipinski definition) is 0. The largest absolute Gasteiger partial charge is 0.493 e. The third kappa shape index (κ3) is 4.80. The number of anilines is 1. The fourth-order valence-corrected chi connectivity index (χ4v) is 3.91. The number of nitrogens with zero attached hydrogens (tertiary/aromatic N) is 2. The van der Waals surface area contributed by atoms with Crippen molar-refractivity contribution in [2.75, 3.05) is 12.1 Å². The first kappa shape index (κ1) is 26.3. The standard InChI is InChI=1S/C25H15BrF6N2O3/c1-11-14(25(35)34(33-11)24-22(31)20(29)19(28)21(30)23(24)32)7-13-8-17(36-2)18(9-15(13)26)37-10-12-5-3-4-6-16(12)27/h3-9H,10H2,1-2H3/b14-7+. The summed E-state index contributed by atoms with van der Waals surface area (Å²) in [6.07, 6.45) is 1.29. The lowest BCUT2D eigenvalue weighted by molar-refractivity contribution is -0.114. The summed E-state index contributed by atoms with van der Waals surface area (Å²) in [6.45, 7) is 1.23. The van der Waals surface area contributed by atoms with Gasteiger partial charge in [-0.15, -0.1) is 0 Å². The van der Waals surface area contributed by atoms with Gasteiger partial charge in [0, 0.05) is 10.0 Å². The van der Waals surface area contributed by atoms with Gasteiger partial charge in [0.15, 0.2) is 34.8 Å². The Morgan fingerprint density at radius 3 is 2.19 bits per heavy atom. The number of methoxy groups -OCH3 is 1. The van der Waals surface area contributed by atoms with Crippen LogP contribution in [0.3, 0.4) is 0 Å². The van der Waals surface area contributed by atoms with Crippen molar-refractivity contribution in [2.24, 2.45) is 5.10 Å². The van der Waals surface area contributed by atoms with E-state index in [1.807, 2.05) is 0 Å². The van der Waals surface area contributed by atoms with Gasteiger partial charge in [-0.1, -0.05) is 34.1 Å². The molecule has 4 rings (SSSR count). The maximum absolute atomic E-state index is 14.3. The summed E-state index contributed by atoms with van der Waals surface area (Å²) in [5, 5.41) is 3.82. The van der Waals surface area contributed by atoms with E-state index in [0.29, 0.717) is 15.6 Å². The summed E-state index contributed by atoms with van der Waals surface area (Å²) in [4.78, 5) is 12.9. The second-order valence-corrected chi connectivity index (χ2v) is 8.54. The fourth-order valence-electron chi connectivity index (χ4n) is 3.48. The average molecular weight is 585 g/mol. The predicted molar refractivity (Wildman–Crippen MR) is 126 cm³/mol. The highest BCUT2D eigenvalue weighted by Gasteiger charge is 2.37. The molecule has 3 aromatic carbocycles. The summed E-state index contributed by atoms with van der Waals surface area (Å²) in [7, 11) is 1.36. The van der Waals surface area contributed by atoms with E-state index in [2.05, 4.69) is 21.0 Å². The van der Waals surface area contributed by atoms with E-state index >= 15 is 0 Å². The Labute approximate surface area is 214 Å². The van der Waals surface area contributed by atoms with Gasteiger partial charge in [-0.25, -0.2) is 26.3 Å². The van der Waals surface area contributed by atoms with Crippen LogP contribution in [0.2, 0.25) is 0 Å². The second kappa shape index (κ2) is 10.3. The highest BCUT2D eigenvalue weighted by Crippen LogP contribution is 2.37. The molecule has 1 amide bonds. The molecule has 37 heavy (non-hydrogen) atoms. The molecule has 3 aromatic rings.